The number of rotatable bonds is 4. The summed E-state index contributed by atoms with van der Waals surface area (Å²) < 4.78 is 2.68. The van der Waals surface area contributed by atoms with Crippen molar-refractivity contribution in [3.8, 4) is 22.3 Å². The predicted molar refractivity (Wildman–Crippen MR) is 205 cm³/mol. The van der Waals surface area contributed by atoms with E-state index in [-0.39, 0.29) is 5.41 Å². The SMILES string of the molecule is CC1CC2CCC3(c4ccccc4-c4ccc(N(c5ccc(-c6ccccc6)cc5)c5ccc6c(c5)sc5ccccc56)cc43)C(C1)C2. The van der Waals surface area contributed by atoms with E-state index in [1.807, 2.05) is 11.3 Å². The van der Waals surface area contributed by atoms with Crippen molar-refractivity contribution in [2.45, 2.75) is 44.4 Å². The lowest BCUT2D eigenvalue weighted by atomic mass is 9.53. The molecule has 4 unspecified atom stereocenters. The van der Waals surface area contributed by atoms with Gasteiger partial charge in [-0.1, -0.05) is 104 Å². The number of hydrogen-bond donors (Lipinski definition) is 0. The molecule has 2 bridgehead atoms. The van der Waals surface area contributed by atoms with Gasteiger partial charge < -0.3 is 4.90 Å². The second-order valence-corrected chi connectivity index (χ2v) is 15.8. The minimum Gasteiger partial charge on any atom is -0.310 e. The van der Waals surface area contributed by atoms with Crippen LogP contribution in [0.2, 0.25) is 0 Å². The summed E-state index contributed by atoms with van der Waals surface area (Å²) in [4.78, 5) is 2.50. The summed E-state index contributed by atoms with van der Waals surface area (Å²) in [5, 5.41) is 2.68. The van der Waals surface area contributed by atoms with Gasteiger partial charge in [-0.05, 0) is 126 Å². The van der Waals surface area contributed by atoms with Gasteiger partial charge in [0.15, 0.2) is 0 Å². The monoisotopic (exact) mass is 637 g/mol. The van der Waals surface area contributed by atoms with E-state index >= 15 is 0 Å². The molecule has 2 fully saturated rings. The van der Waals surface area contributed by atoms with E-state index in [2.05, 4.69) is 151 Å². The molecule has 0 saturated heterocycles. The predicted octanol–water partition coefficient (Wildman–Crippen LogP) is 13.3. The molecule has 1 heterocycles. The highest BCUT2D eigenvalue weighted by Crippen LogP contribution is 2.63. The summed E-state index contributed by atoms with van der Waals surface area (Å²) in [6.45, 7) is 2.50. The van der Waals surface area contributed by atoms with Crippen molar-refractivity contribution in [1.29, 1.82) is 0 Å². The average Bonchev–Trinajstić information content (AvgIpc) is 3.64. The standard InChI is InChI=1S/C46H39NS/c1-30-25-31-23-24-46(34(26-30)27-31)42-13-7-5-11-38(42)39-21-19-36(28-43(39)46)47(35-17-15-33(16-18-35)32-9-3-2-4-10-32)37-20-22-41-40-12-6-8-14-44(40)48-45(41)29-37/h2-22,28-31,34H,23-27H2,1H3. The van der Waals surface area contributed by atoms with Crippen LogP contribution in [0.25, 0.3) is 42.4 Å². The lowest BCUT2D eigenvalue weighted by molar-refractivity contribution is 0.0856. The highest BCUT2D eigenvalue weighted by molar-refractivity contribution is 7.25. The Hall–Kier alpha value is -4.66. The molecular weight excluding hydrogens is 599 g/mol. The van der Waals surface area contributed by atoms with Gasteiger partial charge >= 0.3 is 0 Å². The molecule has 2 heteroatoms. The molecule has 3 aliphatic carbocycles. The van der Waals surface area contributed by atoms with Gasteiger partial charge in [0.25, 0.3) is 0 Å². The molecule has 1 nitrogen and oxygen atoms in total. The zero-order valence-corrected chi connectivity index (χ0v) is 28.2. The van der Waals surface area contributed by atoms with Crippen molar-refractivity contribution in [2.24, 2.45) is 17.8 Å². The van der Waals surface area contributed by atoms with Gasteiger partial charge in [0.05, 0.1) is 0 Å². The van der Waals surface area contributed by atoms with Crippen molar-refractivity contribution in [3.63, 3.8) is 0 Å². The molecule has 10 rings (SSSR count). The summed E-state index contributed by atoms with van der Waals surface area (Å²) in [5.41, 5.74) is 12.3. The van der Waals surface area contributed by atoms with Crippen LogP contribution in [0.3, 0.4) is 0 Å². The zero-order chi connectivity index (χ0) is 31.8. The highest BCUT2D eigenvalue weighted by atomic mass is 32.1. The summed E-state index contributed by atoms with van der Waals surface area (Å²) in [7, 11) is 0. The van der Waals surface area contributed by atoms with Crippen LogP contribution < -0.4 is 4.90 Å². The topological polar surface area (TPSA) is 3.24 Å². The van der Waals surface area contributed by atoms with Crippen molar-refractivity contribution in [3.05, 3.63) is 151 Å². The van der Waals surface area contributed by atoms with Crippen LogP contribution in [0.15, 0.2) is 140 Å². The molecular formula is C46H39NS. The van der Waals surface area contributed by atoms with Gasteiger partial charge in [-0.15, -0.1) is 11.3 Å². The van der Waals surface area contributed by atoms with Crippen LogP contribution in [0.4, 0.5) is 17.1 Å². The van der Waals surface area contributed by atoms with Crippen LogP contribution in [-0.2, 0) is 5.41 Å². The van der Waals surface area contributed by atoms with Gasteiger partial charge in [0, 0.05) is 42.6 Å². The van der Waals surface area contributed by atoms with E-state index in [1.54, 1.807) is 11.1 Å². The second-order valence-electron chi connectivity index (χ2n) is 14.7. The Balaban J connectivity index is 1.16. The minimum atomic E-state index is 0.103. The van der Waals surface area contributed by atoms with E-state index in [0.29, 0.717) is 5.92 Å². The molecule has 0 radical (unpaired) electrons. The first-order valence-corrected chi connectivity index (χ1v) is 18.6. The lowest BCUT2D eigenvalue weighted by Crippen LogP contribution is -2.44. The molecule has 0 N–H and O–H groups in total. The smallest absolute Gasteiger partial charge is 0.0476 e. The fourth-order valence-electron chi connectivity index (χ4n) is 9.99. The summed E-state index contributed by atoms with van der Waals surface area (Å²) in [6.07, 6.45) is 6.72. The fraction of sp³-hybridized carbons (Fsp3) is 0.217. The van der Waals surface area contributed by atoms with Crippen molar-refractivity contribution in [1.82, 2.24) is 0 Å². The van der Waals surface area contributed by atoms with Crippen molar-refractivity contribution in [2.75, 3.05) is 4.90 Å². The van der Waals surface area contributed by atoms with Gasteiger partial charge in [-0.25, -0.2) is 0 Å². The van der Waals surface area contributed by atoms with Crippen LogP contribution in [0.1, 0.15) is 50.2 Å². The van der Waals surface area contributed by atoms with E-state index in [0.717, 1.165) is 11.8 Å². The lowest BCUT2D eigenvalue weighted by Gasteiger charge is -2.50. The van der Waals surface area contributed by atoms with Crippen LogP contribution in [0, 0.1) is 17.8 Å². The maximum absolute atomic E-state index is 2.59. The number of nitrogens with zero attached hydrogens (tertiary/aromatic N) is 1. The number of benzene rings is 6. The van der Waals surface area contributed by atoms with Crippen LogP contribution in [0.5, 0.6) is 0 Å². The quantitative estimate of drug-likeness (QED) is 0.186. The Morgan fingerprint density at radius 2 is 1.25 bits per heavy atom. The summed E-state index contributed by atoms with van der Waals surface area (Å²) in [5.74, 6) is 2.39. The third-order valence-corrected chi connectivity index (χ3v) is 13.1. The fourth-order valence-corrected chi connectivity index (χ4v) is 11.1. The van der Waals surface area contributed by atoms with Crippen molar-refractivity contribution >= 4 is 48.6 Å². The maximum atomic E-state index is 2.59. The molecule has 7 aromatic rings. The first-order valence-electron chi connectivity index (χ1n) is 17.8. The third kappa shape index (κ3) is 4.28. The Bertz CT molecular complexity index is 2310. The number of hydrogen-bond acceptors (Lipinski definition) is 2. The van der Waals surface area contributed by atoms with E-state index in [1.165, 1.54) is 91.6 Å². The summed E-state index contributed by atoms with van der Waals surface area (Å²) in [6, 6.07) is 52.6. The van der Waals surface area contributed by atoms with Crippen LogP contribution in [-0.4, -0.2) is 0 Å². The molecule has 4 atom stereocenters. The molecule has 1 spiro atoms. The Morgan fingerprint density at radius 1 is 0.562 bits per heavy atom. The van der Waals surface area contributed by atoms with E-state index < -0.39 is 0 Å². The second kappa shape index (κ2) is 10.9. The largest absolute Gasteiger partial charge is 0.310 e. The maximum Gasteiger partial charge on any atom is 0.0476 e. The Morgan fingerprint density at radius 3 is 2.15 bits per heavy atom. The first-order chi connectivity index (χ1) is 23.7. The van der Waals surface area contributed by atoms with Crippen molar-refractivity contribution < 1.29 is 0 Å². The van der Waals surface area contributed by atoms with Gasteiger partial charge in [-0.2, -0.15) is 0 Å². The first kappa shape index (κ1) is 28.4. The zero-order valence-electron chi connectivity index (χ0n) is 27.4. The van der Waals surface area contributed by atoms with E-state index in [9.17, 15) is 0 Å². The van der Waals surface area contributed by atoms with E-state index in [4.69, 9.17) is 0 Å². The van der Waals surface area contributed by atoms with Crippen LogP contribution >= 0.6 is 11.3 Å². The minimum absolute atomic E-state index is 0.103. The van der Waals surface area contributed by atoms with Gasteiger partial charge in [0.2, 0.25) is 0 Å². The van der Waals surface area contributed by atoms with Gasteiger partial charge in [-0.3, -0.25) is 0 Å². The number of fused-ring (bicyclic) bond motifs is 11. The molecule has 3 aliphatic rings. The number of thiophene rings is 1. The molecule has 0 amide bonds. The Labute approximate surface area is 287 Å². The third-order valence-electron chi connectivity index (χ3n) is 12.0. The van der Waals surface area contributed by atoms with Gasteiger partial charge in [0.1, 0.15) is 0 Å². The molecule has 6 aromatic carbocycles. The summed E-state index contributed by atoms with van der Waals surface area (Å²) >= 11 is 1.90. The Kier molecular flexibility index (Phi) is 6.46. The highest BCUT2D eigenvalue weighted by Gasteiger charge is 2.53. The molecule has 0 aliphatic heterocycles. The molecule has 48 heavy (non-hydrogen) atoms. The average molecular weight is 638 g/mol. The number of anilines is 3. The molecule has 1 aromatic heterocycles. The molecule has 234 valence electrons. The molecule has 2 saturated carbocycles. The normalized spacial score (nSPS) is 22.6.